The van der Waals surface area contributed by atoms with Gasteiger partial charge in [-0.3, -0.25) is 4.90 Å². The fraction of sp³-hybridized carbons (Fsp3) is 0.397. The van der Waals surface area contributed by atoms with Crippen LogP contribution in [0.15, 0.2) is 86.7 Å². The van der Waals surface area contributed by atoms with E-state index in [4.69, 9.17) is 30.3 Å². The number of fused-ring (bicyclic) bond motifs is 2. The van der Waals surface area contributed by atoms with E-state index in [0.29, 0.717) is 75.0 Å². The summed E-state index contributed by atoms with van der Waals surface area (Å²) in [7, 11) is -4.09. The third-order valence-electron chi connectivity index (χ3n) is 13.5. The van der Waals surface area contributed by atoms with Crippen molar-refractivity contribution in [3.05, 3.63) is 117 Å². The molecule has 0 bridgehead atoms. The molecule has 18 nitrogen and oxygen atoms in total. The number of nitrogens with zero attached hydrogens (tertiary/aromatic N) is 11. The van der Waals surface area contributed by atoms with Gasteiger partial charge in [0.2, 0.25) is 15.2 Å². The largest absolute Gasteiger partial charge is 0.395 e. The summed E-state index contributed by atoms with van der Waals surface area (Å²) >= 11 is 4.16. The number of hydrogen-bond acceptors (Lipinski definition) is 19. The molecule has 0 saturated carbocycles. The van der Waals surface area contributed by atoms with Crippen LogP contribution in [0.4, 0.5) is 39.6 Å². The Morgan fingerprint density at radius 2 is 1.30 bits per heavy atom. The van der Waals surface area contributed by atoms with Gasteiger partial charge in [-0.25, -0.2) is 27.7 Å². The van der Waals surface area contributed by atoms with Crippen LogP contribution in [0.5, 0.6) is 0 Å². The lowest BCUT2D eigenvalue weighted by Crippen LogP contribution is -2.35. The first-order valence-corrected chi connectivity index (χ1v) is 30.7. The standard InChI is InChI=1S/C58H70N12O6S4/c1-11-38-27-35(5)28-39(12-2)51(38)63-54-50(64-65-55-44(34-59)53(58(8,9)10)66-70(55)57-61-45-17-15-42(32-47(45)78-57)79-67(19-23-71)20-24-72)37(7)31-49(62-54)69(52-40(13-3)29-36(6)30-41(52)14-4)56-60-46-18-16-43(33-48(46)77-56)80(75,76)68(21-25-73)22-26-74/h15-18,27-33,71-74H,11-14,19-26H2,1-10H3,(H,62,63)/b65-64+. The van der Waals surface area contributed by atoms with Crippen molar-refractivity contribution in [2.24, 2.45) is 10.2 Å². The molecule has 0 saturated heterocycles. The molecule has 8 rings (SSSR count). The molecule has 22 heteroatoms. The Balaban J connectivity index is 1.35. The summed E-state index contributed by atoms with van der Waals surface area (Å²) in [6.45, 7) is 20.1. The minimum Gasteiger partial charge on any atom is -0.395 e. The maximum Gasteiger partial charge on any atom is 0.243 e. The summed E-state index contributed by atoms with van der Waals surface area (Å²) in [5, 5.41) is 69.6. The lowest BCUT2D eigenvalue weighted by Gasteiger charge is -2.28. The fourth-order valence-corrected chi connectivity index (χ4v) is 14.2. The number of sulfonamides is 1. The maximum atomic E-state index is 13.9. The van der Waals surface area contributed by atoms with E-state index >= 15 is 0 Å². The number of nitrogens with one attached hydrogen (secondary N) is 1. The van der Waals surface area contributed by atoms with E-state index in [1.165, 1.54) is 40.7 Å². The first-order chi connectivity index (χ1) is 38.3. The lowest BCUT2D eigenvalue weighted by molar-refractivity contribution is 0.217. The van der Waals surface area contributed by atoms with Crippen LogP contribution in [0, 0.1) is 32.1 Å². The third-order valence-corrected chi connectivity index (χ3v) is 18.5. The van der Waals surface area contributed by atoms with Crippen molar-refractivity contribution in [1.29, 1.82) is 5.26 Å². The zero-order valence-corrected chi connectivity index (χ0v) is 50.3. The van der Waals surface area contributed by atoms with Crippen molar-refractivity contribution in [3.63, 3.8) is 0 Å². The van der Waals surface area contributed by atoms with Crippen molar-refractivity contribution < 1.29 is 28.8 Å². The molecule has 0 amide bonds. The highest BCUT2D eigenvalue weighted by Crippen LogP contribution is 2.47. The summed E-state index contributed by atoms with van der Waals surface area (Å²) in [6.07, 6.45) is 2.84. The van der Waals surface area contributed by atoms with E-state index in [-0.39, 0.29) is 42.6 Å². The number of benzene rings is 4. The minimum atomic E-state index is -4.09. The van der Waals surface area contributed by atoms with Crippen molar-refractivity contribution >= 4 is 105 Å². The zero-order chi connectivity index (χ0) is 57.6. The summed E-state index contributed by atoms with van der Waals surface area (Å²) in [5.41, 5.74) is 11.0. The lowest BCUT2D eigenvalue weighted by atomic mass is 9.90. The Morgan fingerprint density at radius 1 is 0.725 bits per heavy atom. The van der Waals surface area contributed by atoms with Gasteiger partial charge in [-0.05, 0) is 129 Å². The predicted molar refractivity (Wildman–Crippen MR) is 322 cm³/mol. The molecule has 0 fully saturated rings. The molecule has 4 aromatic carbocycles. The average Bonchev–Trinajstić information content (AvgIpc) is 4.16. The summed E-state index contributed by atoms with van der Waals surface area (Å²) in [6, 6.07) is 23.7. The molecule has 4 heterocycles. The number of thiazole rings is 2. The smallest absolute Gasteiger partial charge is 0.243 e. The molecule has 0 spiro atoms. The molecule has 0 radical (unpaired) electrons. The van der Waals surface area contributed by atoms with Crippen molar-refractivity contribution in [2.75, 3.05) is 62.8 Å². The monoisotopic (exact) mass is 1160 g/mol. The number of nitriles is 1. The van der Waals surface area contributed by atoms with Gasteiger partial charge in [0.1, 0.15) is 23.1 Å². The second kappa shape index (κ2) is 25.7. The van der Waals surface area contributed by atoms with Gasteiger partial charge in [-0.15, -0.1) is 10.2 Å². The average molecular weight is 1160 g/mol. The molecule has 80 heavy (non-hydrogen) atoms. The molecule has 0 unspecified atom stereocenters. The van der Waals surface area contributed by atoms with Crippen LogP contribution < -0.4 is 10.2 Å². The second-order valence-electron chi connectivity index (χ2n) is 20.4. The van der Waals surface area contributed by atoms with Crippen molar-refractivity contribution in [2.45, 2.75) is 110 Å². The maximum absolute atomic E-state index is 13.9. The zero-order valence-electron chi connectivity index (χ0n) is 47.0. The van der Waals surface area contributed by atoms with Gasteiger partial charge >= 0.3 is 0 Å². The quantitative estimate of drug-likeness (QED) is 0.0279. The molecule has 0 aliphatic rings. The first kappa shape index (κ1) is 59.9. The van der Waals surface area contributed by atoms with E-state index in [0.717, 1.165) is 77.0 Å². The van der Waals surface area contributed by atoms with E-state index in [1.54, 1.807) is 16.8 Å². The Kier molecular flexibility index (Phi) is 19.2. The van der Waals surface area contributed by atoms with Gasteiger partial charge in [0.05, 0.1) is 63.1 Å². The van der Waals surface area contributed by atoms with Crippen LogP contribution in [0.1, 0.15) is 98.7 Å². The van der Waals surface area contributed by atoms with E-state index < -0.39 is 28.7 Å². The summed E-state index contributed by atoms with van der Waals surface area (Å²) in [5.74, 6) is 1.12. The van der Waals surface area contributed by atoms with Crippen LogP contribution in [0.25, 0.3) is 25.6 Å². The number of hydrogen-bond donors (Lipinski definition) is 5. The highest BCUT2D eigenvalue weighted by atomic mass is 32.2. The highest BCUT2D eigenvalue weighted by molar-refractivity contribution is 7.97. The van der Waals surface area contributed by atoms with Gasteiger partial charge in [-0.2, -0.15) is 19.3 Å². The number of aryl methyl sites for hydroxylation is 7. The Morgan fingerprint density at radius 3 is 1.88 bits per heavy atom. The topological polar surface area (TPSA) is 242 Å². The van der Waals surface area contributed by atoms with Gasteiger partial charge in [0, 0.05) is 42.2 Å². The molecule has 0 aliphatic heterocycles. The van der Waals surface area contributed by atoms with E-state index in [9.17, 15) is 34.1 Å². The number of azo groups is 1. The van der Waals surface area contributed by atoms with Gasteiger partial charge < -0.3 is 25.7 Å². The SMILES string of the molecule is CCc1cc(C)cc(CC)c1Nc1nc(N(c2nc3ccc(S(=O)(=O)N(CCO)CCO)cc3s2)c2c(CC)cc(C)cc2CC)cc(C)c1/N=N/c1c(C#N)c(C(C)(C)C)nn1-c1nc2ccc(SN(CCO)CCO)cc2s1. The summed E-state index contributed by atoms with van der Waals surface area (Å²) in [4.78, 5) is 18.7. The van der Waals surface area contributed by atoms with Crippen LogP contribution in [-0.4, -0.2) is 115 Å². The number of rotatable bonds is 24. The molecule has 0 aliphatic carbocycles. The molecule has 4 aromatic heterocycles. The number of aliphatic hydroxyl groups is 4. The van der Waals surface area contributed by atoms with E-state index in [1.807, 2.05) is 56.3 Å². The van der Waals surface area contributed by atoms with Gasteiger partial charge in [-0.1, -0.05) is 107 Å². The molecule has 8 aromatic rings. The Labute approximate surface area is 480 Å². The van der Waals surface area contributed by atoms with E-state index in [2.05, 4.69) is 82.1 Å². The van der Waals surface area contributed by atoms with Crippen LogP contribution >= 0.6 is 34.6 Å². The predicted octanol–water partition coefficient (Wildman–Crippen LogP) is 11.7. The number of aliphatic hydroxyl groups excluding tert-OH is 4. The molecular weight excluding hydrogens is 1090 g/mol. The number of pyridine rings is 1. The van der Waals surface area contributed by atoms with Gasteiger partial charge in [0.25, 0.3) is 0 Å². The minimum absolute atomic E-state index is 0.0164. The third kappa shape index (κ3) is 12.6. The fourth-order valence-electron chi connectivity index (χ4n) is 9.67. The van der Waals surface area contributed by atoms with Crippen LogP contribution in [0.2, 0.25) is 0 Å². The van der Waals surface area contributed by atoms with Crippen molar-refractivity contribution in [3.8, 4) is 11.2 Å². The molecule has 422 valence electrons. The number of anilines is 5. The number of aromatic nitrogens is 5. The summed E-state index contributed by atoms with van der Waals surface area (Å²) < 4.78 is 33.9. The van der Waals surface area contributed by atoms with Gasteiger partial charge in [0.15, 0.2) is 16.8 Å². The Hall–Kier alpha value is -6.23. The molecule has 0 atom stereocenters. The van der Waals surface area contributed by atoms with Crippen LogP contribution in [-0.2, 0) is 41.1 Å². The molecular formula is C58H70N12O6S4. The van der Waals surface area contributed by atoms with Crippen LogP contribution in [0.3, 0.4) is 0 Å². The second-order valence-corrected chi connectivity index (χ2v) is 25.5. The van der Waals surface area contributed by atoms with Crippen molar-refractivity contribution in [1.82, 2.24) is 33.3 Å². The highest BCUT2D eigenvalue weighted by Gasteiger charge is 2.31. The normalized spacial score (nSPS) is 12.3. The molecule has 5 N–H and O–H groups in total. The Bertz CT molecular complexity index is 3670. The first-order valence-electron chi connectivity index (χ1n) is 26.8.